The highest BCUT2D eigenvalue weighted by atomic mass is 35.5. The molecule has 2 aliphatic rings. The zero-order valence-electron chi connectivity index (χ0n) is 12.2. The fourth-order valence-electron chi connectivity index (χ4n) is 3.04. The van der Waals surface area contributed by atoms with Gasteiger partial charge in [-0.3, -0.25) is 4.90 Å². The molecule has 0 atom stereocenters. The molecule has 3 nitrogen and oxygen atoms in total. The summed E-state index contributed by atoms with van der Waals surface area (Å²) in [5.41, 5.74) is 2.56. The first kappa shape index (κ1) is 14.2. The van der Waals surface area contributed by atoms with Crippen molar-refractivity contribution in [3.63, 3.8) is 0 Å². The van der Waals surface area contributed by atoms with Crippen molar-refractivity contribution in [3.05, 3.63) is 28.8 Å². The zero-order valence-corrected chi connectivity index (χ0v) is 13.0. The molecule has 3 rings (SSSR count). The van der Waals surface area contributed by atoms with Crippen LogP contribution in [0.4, 0.5) is 5.69 Å². The Morgan fingerprint density at radius 2 is 1.95 bits per heavy atom. The van der Waals surface area contributed by atoms with Gasteiger partial charge in [0.05, 0.1) is 0 Å². The fourth-order valence-corrected chi connectivity index (χ4v) is 3.27. The van der Waals surface area contributed by atoms with Gasteiger partial charge in [-0.2, -0.15) is 0 Å². The number of nitrogens with one attached hydrogen (secondary N) is 1. The topological polar surface area (TPSA) is 18.5 Å². The van der Waals surface area contributed by atoms with Crippen molar-refractivity contribution in [2.45, 2.75) is 32.4 Å². The van der Waals surface area contributed by atoms with Crippen LogP contribution in [-0.4, -0.2) is 43.7 Å². The Hall–Kier alpha value is -0.770. The highest BCUT2D eigenvalue weighted by Gasteiger charge is 2.31. The van der Waals surface area contributed by atoms with E-state index in [4.69, 9.17) is 11.6 Å². The Balaban J connectivity index is 1.71. The molecule has 1 aromatic carbocycles. The minimum Gasteiger partial charge on any atom is -0.369 e. The summed E-state index contributed by atoms with van der Waals surface area (Å²) in [4.78, 5) is 5.14. The second-order valence-electron chi connectivity index (χ2n) is 5.77. The van der Waals surface area contributed by atoms with E-state index in [9.17, 15) is 0 Å². The first-order valence-corrected chi connectivity index (χ1v) is 8.14. The molecule has 1 saturated carbocycles. The Morgan fingerprint density at radius 3 is 2.60 bits per heavy atom. The van der Waals surface area contributed by atoms with Crippen LogP contribution in [0.15, 0.2) is 18.2 Å². The molecule has 110 valence electrons. The Bertz CT molecular complexity index is 451. The maximum Gasteiger partial charge on any atom is 0.0471 e. The molecule has 4 heteroatoms. The molecular formula is C16H24ClN3. The van der Waals surface area contributed by atoms with Gasteiger partial charge in [-0.25, -0.2) is 0 Å². The minimum atomic E-state index is 0.856. The van der Waals surface area contributed by atoms with Crippen molar-refractivity contribution >= 4 is 17.3 Å². The van der Waals surface area contributed by atoms with E-state index >= 15 is 0 Å². The lowest BCUT2D eigenvalue weighted by atomic mass is 10.1. The van der Waals surface area contributed by atoms with E-state index < -0.39 is 0 Å². The van der Waals surface area contributed by atoms with Gasteiger partial charge in [-0.05, 0) is 31.5 Å². The largest absolute Gasteiger partial charge is 0.369 e. The molecule has 0 radical (unpaired) electrons. The normalized spacial score (nSPS) is 20.4. The molecule has 20 heavy (non-hydrogen) atoms. The summed E-state index contributed by atoms with van der Waals surface area (Å²) < 4.78 is 0. The van der Waals surface area contributed by atoms with E-state index in [-0.39, 0.29) is 0 Å². The number of piperazine rings is 1. The predicted molar refractivity (Wildman–Crippen MR) is 85.6 cm³/mol. The molecule has 0 unspecified atom stereocenters. The fraction of sp³-hybridized carbons (Fsp3) is 0.625. The van der Waals surface area contributed by atoms with Crippen LogP contribution in [-0.2, 0) is 6.54 Å². The van der Waals surface area contributed by atoms with Gasteiger partial charge in [0.15, 0.2) is 0 Å². The van der Waals surface area contributed by atoms with E-state index in [0.29, 0.717) is 0 Å². The lowest BCUT2D eigenvalue weighted by molar-refractivity contribution is 0.248. The molecule has 2 fully saturated rings. The summed E-state index contributed by atoms with van der Waals surface area (Å²) in [6.07, 6.45) is 2.81. The average molecular weight is 294 g/mol. The van der Waals surface area contributed by atoms with Crippen molar-refractivity contribution < 1.29 is 0 Å². The number of anilines is 1. The highest BCUT2D eigenvalue weighted by molar-refractivity contribution is 6.31. The monoisotopic (exact) mass is 293 g/mol. The van der Waals surface area contributed by atoms with Crippen LogP contribution in [0, 0.1) is 0 Å². The maximum absolute atomic E-state index is 6.40. The molecule has 1 saturated heterocycles. The van der Waals surface area contributed by atoms with Crippen LogP contribution >= 0.6 is 11.6 Å². The van der Waals surface area contributed by atoms with Crippen molar-refractivity contribution in [3.8, 4) is 0 Å². The summed E-state index contributed by atoms with van der Waals surface area (Å²) in [5.74, 6) is 0. The van der Waals surface area contributed by atoms with Crippen LogP contribution in [0.2, 0.25) is 5.02 Å². The average Bonchev–Trinajstić information content (AvgIpc) is 3.31. The Morgan fingerprint density at radius 1 is 1.20 bits per heavy atom. The quantitative estimate of drug-likeness (QED) is 0.900. The van der Waals surface area contributed by atoms with E-state index in [1.807, 2.05) is 6.07 Å². The van der Waals surface area contributed by atoms with Crippen LogP contribution in [0.1, 0.15) is 25.3 Å². The Kier molecular flexibility index (Phi) is 4.49. The second-order valence-corrected chi connectivity index (χ2v) is 6.18. The third-order valence-electron chi connectivity index (χ3n) is 4.36. The number of nitrogens with zero attached hydrogens (tertiary/aromatic N) is 2. The number of rotatable bonds is 5. The summed E-state index contributed by atoms with van der Waals surface area (Å²) in [6.45, 7) is 8.58. The van der Waals surface area contributed by atoms with Crippen molar-refractivity contribution in [1.82, 2.24) is 10.2 Å². The van der Waals surface area contributed by atoms with Gasteiger partial charge >= 0.3 is 0 Å². The molecular weight excluding hydrogens is 270 g/mol. The van der Waals surface area contributed by atoms with E-state index in [1.165, 1.54) is 37.2 Å². The number of hydrogen-bond donors (Lipinski definition) is 1. The lowest BCUT2D eigenvalue weighted by Crippen LogP contribution is -2.47. The van der Waals surface area contributed by atoms with E-state index in [0.717, 1.165) is 37.2 Å². The first-order chi connectivity index (χ1) is 9.79. The number of hydrogen-bond acceptors (Lipinski definition) is 3. The lowest BCUT2D eigenvalue weighted by Gasteiger charge is -2.37. The van der Waals surface area contributed by atoms with Crippen LogP contribution in [0.5, 0.6) is 0 Å². The van der Waals surface area contributed by atoms with Crippen molar-refractivity contribution in [1.29, 1.82) is 0 Å². The molecule has 0 amide bonds. The van der Waals surface area contributed by atoms with Crippen molar-refractivity contribution in [2.75, 3.05) is 37.6 Å². The summed E-state index contributed by atoms with van der Waals surface area (Å²) >= 11 is 6.40. The molecule has 1 N–H and O–H groups in total. The molecule has 1 aromatic rings. The number of benzene rings is 1. The third kappa shape index (κ3) is 3.11. The molecule has 1 aliphatic carbocycles. The Labute approximate surface area is 126 Å². The SMILES string of the molecule is CCNCc1c(Cl)cccc1N1CCN(C2CC2)CC1. The maximum atomic E-state index is 6.40. The van der Waals surface area contributed by atoms with Crippen LogP contribution < -0.4 is 10.2 Å². The second kappa shape index (κ2) is 6.33. The number of halogens is 1. The summed E-state index contributed by atoms with van der Waals surface area (Å²) in [6, 6.07) is 7.17. The highest BCUT2D eigenvalue weighted by Crippen LogP contribution is 2.31. The third-order valence-corrected chi connectivity index (χ3v) is 4.72. The standard InChI is InChI=1S/C16H24ClN3/c1-2-18-12-14-15(17)4-3-5-16(14)20-10-8-19(9-11-20)13-6-7-13/h3-5,13,18H,2,6-12H2,1H3. The summed E-state index contributed by atoms with van der Waals surface area (Å²) in [5, 5.41) is 4.28. The minimum absolute atomic E-state index is 0.856. The van der Waals surface area contributed by atoms with E-state index in [2.05, 4.69) is 34.2 Å². The van der Waals surface area contributed by atoms with Crippen LogP contribution in [0.3, 0.4) is 0 Å². The predicted octanol–water partition coefficient (Wildman–Crippen LogP) is 2.73. The van der Waals surface area contributed by atoms with Gasteiger partial charge in [0.1, 0.15) is 0 Å². The summed E-state index contributed by atoms with van der Waals surface area (Å²) in [7, 11) is 0. The molecule has 1 aliphatic heterocycles. The first-order valence-electron chi connectivity index (χ1n) is 7.76. The van der Waals surface area contributed by atoms with Gasteiger partial charge in [0.25, 0.3) is 0 Å². The van der Waals surface area contributed by atoms with Crippen molar-refractivity contribution in [2.24, 2.45) is 0 Å². The zero-order chi connectivity index (χ0) is 13.9. The van der Waals surface area contributed by atoms with Gasteiger partial charge in [0, 0.05) is 55.0 Å². The molecule has 0 bridgehead atoms. The molecule has 0 spiro atoms. The van der Waals surface area contributed by atoms with E-state index in [1.54, 1.807) is 0 Å². The van der Waals surface area contributed by atoms with Gasteiger partial charge in [-0.1, -0.05) is 24.6 Å². The van der Waals surface area contributed by atoms with Gasteiger partial charge < -0.3 is 10.2 Å². The van der Waals surface area contributed by atoms with Gasteiger partial charge in [0.2, 0.25) is 0 Å². The van der Waals surface area contributed by atoms with Gasteiger partial charge in [-0.15, -0.1) is 0 Å². The molecule has 0 aromatic heterocycles. The molecule has 1 heterocycles. The smallest absolute Gasteiger partial charge is 0.0471 e. The van der Waals surface area contributed by atoms with Crippen LogP contribution in [0.25, 0.3) is 0 Å².